The molecule has 8 heteroatoms. The van der Waals surface area contributed by atoms with Gasteiger partial charge < -0.3 is 4.74 Å². The number of aromatic nitrogens is 2. The normalized spacial score (nSPS) is 22.9. The molecule has 0 amide bonds. The lowest BCUT2D eigenvalue weighted by molar-refractivity contribution is -0.00446. The van der Waals surface area contributed by atoms with Crippen molar-refractivity contribution >= 4 is 10.0 Å². The summed E-state index contributed by atoms with van der Waals surface area (Å²) in [6, 6.07) is 1.67. The summed E-state index contributed by atoms with van der Waals surface area (Å²) in [5.41, 5.74) is 0.877. The number of ether oxygens (including phenoxy) is 1. The largest absolute Gasteiger partial charge is 0.372 e. The third kappa shape index (κ3) is 4.52. The van der Waals surface area contributed by atoms with Crippen LogP contribution in [0, 0.1) is 11.3 Å². The molecule has 0 radical (unpaired) electrons. The van der Waals surface area contributed by atoms with E-state index in [-0.39, 0.29) is 24.3 Å². The topological polar surface area (TPSA) is 97.0 Å². The number of nitriles is 1. The van der Waals surface area contributed by atoms with E-state index in [0.717, 1.165) is 18.4 Å². The molecule has 21 heavy (non-hydrogen) atoms. The lowest BCUT2D eigenvalue weighted by Gasteiger charge is -2.31. The van der Waals surface area contributed by atoms with Crippen molar-refractivity contribution in [2.24, 2.45) is 7.05 Å². The van der Waals surface area contributed by atoms with Gasteiger partial charge >= 0.3 is 0 Å². The summed E-state index contributed by atoms with van der Waals surface area (Å²) in [6.07, 6.45) is 5.38. The molecule has 0 saturated carbocycles. The monoisotopic (exact) mass is 312 g/mol. The second kappa shape index (κ2) is 7.02. The van der Waals surface area contributed by atoms with Crippen molar-refractivity contribution in [3.05, 3.63) is 18.0 Å². The van der Waals surface area contributed by atoms with Gasteiger partial charge in [-0.3, -0.25) is 4.68 Å². The molecular weight excluding hydrogens is 292 g/mol. The highest BCUT2D eigenvalue weighted by atomic mass is 32.2. The number of sulfonamides is 1. The van der Waals surface area contributed by atoms with Gasteiger partial charge in [0.1, 0.15) is 6.10 Å². The van der Waals surface area contributed by atoms with Crippen LogP contribution >= 0.6 is 0 Å². The molecule has 0 aromatic carbocycles. The molecule has 1 saturated heterocycles. The van der Waals surface area contributed by atoms with E-state index in [9.17, 15) is 8.42 Å². The standard InChI is InChI=1S/C13H20N4O3S/c1-17-10-11(9-15-17)13-12(5-4-7-20-13)16-21(18,19)8-3-2-6-14/h9-10,12-13,16H,2-5,7-8H2,1H3/t12-,13+/m0/s1. The highest BCUT2D eigenvalue weighted by Gasteiger charge is 2.31. The number of rotatable bonds is 6. The first-order chi connectivity index (χ1) is 10.0. The summed E-state index contributed by atoms with van der Waals surface area (Å²) in [5, 5.41) is 12.6. The molecule has 1 aliphatic heterocycles. The first-order valence-electron chi connectivity index (χ1n) is 6.99. The van der Waals surface area contributed by atoms with Gasteiger partial charge in [-0.1, -0.05) is 0 Å². The molecule has 7 nitrogen and oxygen atoms in total. The maximum atomic E-state index is 12.1. The van der Waals surface area contributed by atoms with Gasteiger partial charge in [0.25, 0.3) is 0 Å². The molecule has 1 fully saturated rings. The van der Waals surface area contributed by atoms with Crippen LogP contribution in [0.2, 0.25) is 0 Å². The van der Waals surface area contributed by atoms with Gasteiger partial charge in [0, 0.05) is 31.8 Å². The van der Waals surface area contributed by atoms with Crippen molar-refractivity contribution in [3.8, 4) is 6.07 Å². The van der Waals surface area contributed by atoms with E-state index in [1.807, 2.05) is 19.3 Å². The Hall–Kier alpha value is -1.43. The van der Waals surface area contributed by atoms with Gasteiger partial charge in [-0.25, -0.2) is 13.1 Å². The molecule has 0 aliphatic carbocycles. The molecule has 0 unspecified atom stereocenters. The zero-order valence-corrected chi connectivity index (χ0v) is 12.8. The predicted octanol–water partition coefficient (Wildman–Crippen LogP) is 0.863. The van der Waals surface area contributed by atoms with E-state index in [1.165, 1.54) is 0 Å². The predicted molar refractivity (Wildman–Crippen MR) is 76.7 cm³/mol. The third-order valence-corrected chi connectivity index (χ3v) is 4.90. The van der Waals surface area contributed by atoms with Gasteiger partial charge in [0.15, 0.2) is 0 Å². The molecule has 1 N–H and O–H groups in total. The smallest absolute Gasteiger partial charge is 0.211 e. The average molecular weight is 312 g/mol. The Morgan fingerprint density at radius 3 is 3.10 bits per heavy atom. The first kappa shape index (κ1) is 15.9. The Labute approximate surface area is 124 Å². The van der Waals surface area contributed by atoms with Crippen LogP contribution in [0.15, 0.2) is 12.4 Å². The zero-order chi connectivity index (χ0) is 15.3. The fraction of sp³-hybridized carbons (Fsp3) is 0.692. The highest BCUT2D eigenvalue weighted by Crippen LogP contribution is 2.28. The van der Waals surface area contributed by atoms with Crippen molar-refractivity contribution < 1.29 is 13.2 Å². The molecule has 2 rings (SSSR count). The summed E-state index contributed by atoms with van der Waals surface area (Å²) < 4.78 is 34.2. The van der Waals surface area contributed by atoms with Crippen LogP contribution in [-0.4, -0.2) is 36.6 Å². The van der Waals surface area contributed by atoms with Gasteiger partial charge in [0.05, 0.1) is 24.1 Å². The van der Waals surface area contributed by atoms with Crippen LogP contribution in [0.4, 0.5) is 0 Å². The quantitative estimate of drug-likeness (QED) is 0.786. The summed E-state index contributed by atoms with van der Waals surface area (Å²) >= 11 is 0. The fourth-order valence-electron chi connectivity index (χ4n) is 2.45. The number of hydrogen-bond donors (Lipinski definition) is 1. The van der Waals surface area contributed by atoms with Crippen molar-refractivity contribution in [2.45, 2.75) is 37.8 Å². The average Bonchev–Trinajstić information content (AvgIpc) is 2.85. The number of aryl methyl sites for hydroxylation is 1. The van der Waals surface area contributed by atoms with Crippen LogP contribution in [0.1, 0.15) is 37.4 Å². The van der Waals surface area contributed by atoms with Gasteiger partial charge in [-0.05, 0) is 19.3 Å². The van der Waals surface area contributed by atoms with Crippen LogP contribution in [0.3, 0.4) is 0 Å². The maximum Gasteiger partial charge on any atom is 0.211 e. The second-order valence-electron chi connectivity index (χ2n) is 5.19. The van der Waals surface area contributed by atoms with E-state index in [0.29, 0.717) is 13.0 Å². The molecule has 0 spiro atoms. The first-order valence-corrected chi connectivity index (χ1v) is 8.64. The molecule has 1 aliphatic rings. The minimum Gasteiger partial charge on any atom is -0.372 e. The minimum absolute atomic E-state index is 0.0309. The van der Waals surface area contributed by atoms with Gasteiger partial charge in [0.2, 0.25) is 10.0 Å². The van der Waals surface area contributed by atoms with Gasteiger partial charge in [-0.15, -0.1) is 0 Å². The fourth-order valence-corrected chi connectivity index (χ4v) is 3.79. The molecular formula is C13H20N4O3S. The lowest BCUT2D eigenvalue weighted by atomic mass is 9.99. The number of hydrogen-bond acceptors (Lipinski definition) is 5. The summed E-state index contributed by atoms with van der Waals surface area (Å²) in [5.74, 6) is -0.0309. The zero-order valence-electron chi connectivity index (χ0n) is 12.0. The Morgan fingerprint density at radius 1 is 1.62 bits per heavy atom. The van der Waals surface area contributed by atoms with Crippen molar-refractivity contribution in [3.63, 3.8) is 0 Å². The summed E-state index contributed by atoms with van der Waals surface area (Å²) in [6.45, 7) is 0.617. The molecule has 0 bridgehead atoms. The second-order valence-corrected chi connectivity index (χ2v) is 7.06. The van der Waals surface area contributed by atoms with Crippen LogP contribution in [0.5, 0.6) is 0 Å². The summed E-state index contributed by atoms with van der Waals surface area (Å²) in [7, 11) is -1.58. The van der Waals surface area contributed by atoms with E-state index in [4.69, 9.17) is 10.00 Å². The SMILES string of the molecule is Cn1cc([C@H]2OCCC[C@@H]2NS(=O)(=O)CCCC#N)cn1. The highest BCUT2D eigenvalue weighted by molar-refractivity contribution is 7.89. The molecule has 116 valence electrons. The Balaban J connectivity index is 2.04. The molecule has 1 aromatic heterocycles. The van der Waals surface area contributed by atoms with Gasteiger partial charge in [-0.2, -0.15) is 10.4 Å². The van der Waals surface area contributed by atoms with E-state index in [1.54, 1.807) is 10.9 Å². The van der Waals surface area contributed by atoms with Crippen LogP contribution < -0.4 is 4.72 Å². The Bertz CT molecular complexity index is 605. The molecule has 1 aromatic rings. The van der Waals surface area contributed by atoms with Crippen molar-refractivity contribution in [1.29, 1.82) is 5.26 Å². The molecule has 2 atom stereocenters. The van der Waals surface area contributed by atoms with E-state index < -0.39 is 10.0 Å². The number of unbranched alkanes of at least 4 members (excludes halogenated alkanes) is 1. The lowest BCUT2D eigenvalue weighted by Crippen LogP contribution is -2.43. The Morgan fingerprint density at radius 2 is 2.43 bits per heavy atom. The Kier molecular flexibility index (Phi) is 5.33. The summed E-state index contributed by atoms with van der Waals surface area (Å²) in [4.78, 5) is 0. The van der Waals surface area contributed by atoms with Crippen molar-refractivity contribution in [1.82, 2.24) is 14.5 Å². The molecule has 2 heterocycles. The number of nitrogens with zero attached hydrogens (tertiary/aromatic N) is 3. The maximum absolute atomic E-state index is 12.1. The van der Waals surface area contributed by atoms with E-state index in [2.05, 4.69) is 9.82 Å². The van der Waals surface area contributed by atoms with Crippen molar-refractivity contribution in [2.75, 3.05) is 12.4 Å². The van der Waals surface area contributed by atoms with E-state index >= 15 is 0 Å². The number of nitrogens with one attached hydrogen (secondary N) is 1. The minimum atomic E-state index is -3.40. The third-order valence-electron chi connectivity index (χ3n) is 3.41. The van der Waals surface area contributed by atoms with Crippen LogP contribution in [-0.2, 0) is 21.8 Å². The van der Waals surface area contributed by atoms with Crippen LogP contribution in [0.25, 0.3) is 0 Å².